The second-order valence-electron chi connectivity index (χ2n) is 2.10. The first-order valence-corrected chi connectivity index (χ1v) is 2.91. The van der Waals surface area contributed by atoms with Crippen molar-refractivity contribution in [1.29, 1.82) is 5.26 Å². The van der Waals surface area contributed by atoms with E-state index in [1.807, 2.05) is 13.1 Å². The van der Waals surface area contributed by atoms with Crippen LogP contribution < -0.4 is 0 Å². The zero-order chi connectivity index (χ0) is 6.69. The van der Waals surface area contributed by atoms with Crippen LogP contribution in [0.3, 0.4) is 0 Å². The number of rotatable bonds is 0. The SMILES string of the molecule is CC1=C(C#N)CN=CC1. The minimum Gasteiger partial charge on any atom is -0.292 e. The van der Waals surface area contributed by atoms with E-state index in [0.717, 1.165) is 17.6 Å². The lowest BCUT2D eigenvalue weighted by Gasteiger charge is -2.03. The molecule has 1 aliphatic heterocycles. The van der Waals surface area contributed by atoms with Crippen molar-refractivity contribution in [3.05, 3.63) is 11.1 Å². The van der Waals surface area contributed by atoms with E-state index in [9.17, 15) is 0 Å². The Morgan fingerprint density at radius 3 is 3.00 bits per heavy atom. The van der Waals surface area contributed by atoms with Gasteiger partial charge in [-0.05, 0) is 6.92 Å². The highest BCUT2D eigenvalue weighted by Gasteiger charge is 2.02. The fraction of sp³-hybridized carbons (Fsp3) is 0.429. The summed E-state index contributed by atoms with van der Waals surface area (Å²) in [5.41, 5.74) is 1.99. The molecule has 0 fully saturated rings. The van der Waals surface area contributed by atoms with Crippen LogP contribution >= 0.6 is 0 Å². The first-order chi connectivity index (χ1) is 4.34. The molecule has 1 aliphatic rings. The Labute approximate surface area is 54.5 Å². The molecular weight excluding hydrogens is 112 g/mol. The van der Waals surface area contributed by atoms with Crippen LogP contribution in [-0.4, -0.2) is 12.8 Å². The van der Waals surface area contributed by atoms with E-state index in [1.54, 1.807) is 0 Å². The number of nitrogens with zero attached hydrogens (tertiary/aromatic N) is 2. The average molecular weight is 120 g/mol. The highest BCUT2D eigenvalue weighted by atomic mass is 14.7. The molecule has 0 aromatic heterocycles. The van der Waals surface area contributed by atoms with Gasteiger partial charge in [0, 0.05) is 12.6 Å². The monoisotopic (exact) mass is 120 g/mol. The fourth-order valence-corrected chi connectivity index (χ4v) is 0.746. The summed E-state index contributed by atoms with van der Waals surface area (Å²) in [6.45, 7) is 2.56. The number of hydrogen-bond acceptors (Lipinski definition) is 2. The van der Waals surface area contributed by atoms with E-state index in [0.29, 0.717) is 6.54 Å². The summed E-state index contributed by atoms with van der Waals surface area (Å²) in [6, 6.07) is 2.12. The topological polar surface area (TPSA) is 36.1 Å². The molecular formula is C7H8N2. The maximum absolute atomic E-state index is 8.48. The summed E-state index contributed by atoms with van der Waals surface area (Å²) < 4.78 is 0. The Morgan fingerprint density at radius 2 is 2.56 bits per heavy atom. The van der Waals surface area contributed by atoms with Crippen LogP contribution in [0.25, 0.3) is 0 Å². The van der Waals surface area contributed by atoms with Gasteiger partial charge in [0.25, 0.3) is 0 Å². The second kappa shape index (κ2) is 2.45. The molecule has 1 heterocycles. The van der Waals surface area contributed by atoms with Crippen LogP contribution in [-0.2, 0) is 0 Å². The molecule has 2 heteroatoms. The lowest BCUT2D eigenvalue weighted by atomic mass is 10.1. The lowest BCUT2D eigenvalue weighted by Crippen LogP contribution is -1.97. The molecule has 0 saturated carbocycles. The van der Waals surface area contributed by atoms with Gasteiger partial charge in [-0.3, -0.25) is 4.99 Å². The van der Waals surface area contributed by atoms with Gasteiger partial charge in [0.15, 0.2) is 0 Å². The molecule has 0 saturated heterocycles. The van der Waals surface area contributed by atoms with Gasteiger partial charge in [-0.25, -0.2) is 0 Å². The van der Waals surface area contributed by atoms with Gasteiger partial charge in [0.2, 0.25) is 0 Å². The number of aliphatic imine (C=N–C) groups is 1. The summed E-state index contributed by atoms with van der Waals surface area (Å²) in [4.78, 5) is 3.97. The summed E-state index contributed by atoms with van der Waals surface area (Å²) in [6.07, 6.45) is 2.71. The predicted octanol–water partition coefficient (Wildman–Crippen LogP) is 1.30. The van der Waals surface area contributed by atoms with Gasteiger partial charge < -0.3 is 0 Å². The van der Waals surface area contributed by atoms with E-state index in [4.69, 9.17) is 5.26 Å². The third-order valence-electron chi connectivity index (χ3n) is 1.43. The van der Waals surface area contributed by atoms with Crippen molar-refractivity contribution < 1.29 is 0 Å². The van der Waals surface area contributed by atoms with E-state index in [2.05, 4.69) is 11.1 Å². The number of nitriles is 1. The normalized spacial score (nSPS) is 17.8. The van der Waals surface area contributed by atoms with Crippen LogP contribution in [0.1, 0.15) is 13.3 Å². The molecule has 0 aromatic rings. The first kappa shape index (κ1) is 6.03. The van der Waals surface area contributed by atoms with Gasteiger partial charge in [-0.15, -0.1) is 0 Å². The molecule has 0 bridgehead atoms. The van der Waals surface area contributed by atoms with Gasteiger partial charge in [-0.1, -0.05) is 5.57 Å². The minimum atomic E-state index is 0.586. The van der Waals surface area contributed by atoms with Crippen molar-refractivity contribution in [1.82, 2.24) is 0 Å². The van der Waals surface area contributed by atoms with Gasteiger partial charge >= 0.3 is 0 Å². The van der Waals surface area contributed by atoms with E-state index >= 15 is 0 Å². The van der Waals surface area contributed by atoms with Crippen LogP contribution in [0.4, 0.5) is 0 Å². The Bertz CT molecular complexity index is 205. The summed E-state index contributed by atoms with van der Waals surface area (Å²) >= 11 is 0. The van der Waals surface area contributed by atoms with Gasteiger partial charge in [-0.2, -0.15) is 5.26 Å². The molecule has 2 nitrogen and oxygen atoms in total. The Hall–Kier alpha value is -1.10. The Morgan fingerprint density at radius 1 is 1.78 bits per heavy atom. The number of allylic oxidation sites excluding steroid dienone is 1. The van der Waals surface area contributed by atoms with Crippen LogP contribution in [0.5, 0.6) is 0 Å². The third kappa shape index (κ3) is 1.17. The summed E-state index contributed by atoms with van der Waals surface area (Å²) in [7, 11) is 0. The van der Waals surface area contributed by atoms with Crippen molar-refractivity contribution >= 4 is 6.21 Å². The molecule has 0 aliphatic carbocycles. The molecule has 0 amide bonds. The first-order valence-electron chi connectivity index (χ1n) is 2.91. The lowest BCUT2D eigenvalue weighted by molar-refractivity contribution is 1.07. The van der Waals surface area contributed by atoms with Crippen molar-refractivity contribution in [2.75, 3.05) is 6.54 Å². The molecule has 9 heavy (non-hydrogen) atoms. The van der Waals surface area contributed by atoms with E-state index < -0.39 is 0 Å². The summed E-state index contributed by atoms with van der Waals surface area (Å²) in [5.74, 6) is 0. The van der Waals surface area contributed by atoms with E-state index in [1.165, 1.54) is 0 Å². The highest BCUT2D eigenvalue weighted by Crippen LogP contribution is 2.10. The Balaban J connectivity index is 2.79. The number of dihydropyridines is 1. The van der Waals surface area contributed by atoms with Crippen LogP contribution in [0.15, 0.2) is 16.1 Å². The van der Waals surface area contributed by atoms with Crippen molar-refractivity contribution in [2.45, 2.75) is 13.3 Å². The maximum atomic E-state index is 8.48. The molecule has 1 rings (SSSR count). The smallest absolute Gasteiger partial charge is 0.0966 e. The molecule has 0 N–H and O–H groups in total. The maximum Gasteiger partial charge on any atom is 0.0966 e. The average Bonchev–Trinajstić information content (AvgIpc) is 1.89. The standard InChI is InChI=1S/C7H8N2/c1-6-2-3-9-5-7(6)4-8/h3H,2,5H2,1H3. The van der Waals surface area contributed by atoms with E-state index in [-0.39, 0.29) is 0 Å². The molecule has 0 unspecified atom stereocenters. The molecule has 46 valence electrons. The molecule has 0 atom stereocenters. The largest absolute Gasteiger partial charge is 0.292 e. The van der Waals surface area contributed by atoms with Crippen LogP contribution in [0.2, 0.25) is 0 Å². The fourth-order valence-electron chi connectivity index (χ4n) is 0.746. The second-order valence-corrected chi connectivity index (χ2v) is 2.10. The van der Waals surface area contributed by atoms with Crippen molar-refractivity contribution in [3.63, 3.8) is 0 Å². The zero-order valence-electron chi connectivity index (χ0n) is 5.39. The van der Waals surface area contributed by atoms with Crippen molar-refractivity contribution in [2.24, 2.45) is 4.99 Å². The number of hydrogen-bond donors (Lipinski definition) is 0. The quantitative estimate of drug-likeness (QED) is 0.474. The molecule has 0 spiro atoms. The predicted molar refractivity (Wildman–Crippen MR) is 36.3 cm³/mol. The third-order valence-corrected chi connectivity index (χ3v) is 1.43. The molecule has 0 aromatic carbocycles. The highest BCUT2D eigenvalue weighted by molar-refractivity contribution is 5.64. The van der Waals surface area contributed by atoms with Gasteiger partial charge in [0.05, 0.1) is 18.2 Å². The minimum absolute atomic E-state index is 0.586. The Kier molecular flexibility index (Phi) is 1.64. The van der Waals surface area contributed by atoms with Gasteiger partial charge in [0.1, 0.15) is 0 Å². The summed E-state index contributed by atoms with van der Waals surface area (Å²) in [5, 5.41) is 8.48. The van der Waals surface area contributed by atoms with Crippen LogP contribution in [0, 0.1) is 11.3 Å². The van der Waals surface area contributed by atoms with Crippen molar-refractivity contribution in [3.8, 4) is 6.07 Å². The molecule has 0 radical (unpaired) electrons. The zero-order valence-corrected chi connectivity index (χ0v) is 5.39.